The molecule has 2 amide bonds. The van der Waals surface area contributed by atoms with E-state index in [2.05, 4.69) is 10.3 Å². The van der Waals surface area contributed by atoms with E-state index in [9.17, 15) is 14.0 Å². The van der Waals surface area contributed by atoms with Crippen molar-refractivity contribution in [1.82, 2.24) is 15.2 Å². The fourth-order valence-electron chi connectivity index (χ4n) is 1.51. The summed E-state index contributed by atoms with van der Waals surface area (Å²) in [4.78, 5) is 27.6. The normalized spacial score (nSPS) is 16.7. The smallest absolute Gasteiger partial charge is 0.243 e. The lowest BCUT2D eigenvalue weighted by atomic mass is 10.2. The van der Waals surface area contributed by atoms with E-state index >= 15 is 0 Å². The Labute approximate surface area is 91.3 Å². The molecule has 0 atom stereocenters. The zero-order chi connectivity index (χ0) is 11.5. The van der Waals surface area contributed by atoms with Gasteiger partial charge in [-0.3, -0.25) is 24.8 Å². The number of halogens is 1. The molecule has 1 N–H and O–H groups in total. The average molecular weight is 223 g/mol. The Balaban J connectivity index is 2.13. The molecule has 0 spiro atoms. The first-order chi connectivity index (χ1) is 7.66. The molecule has 0 aromatic carbocycles. The summed E-state index contributed by atoms with van der Waals surface area (Å²) in [5, 5.41) is 2.68. The minimum Gasteiger partial charge on any atom is -0.300 e. The van der Waals surface area contributed by atoms with Crippen LogP contribution in [0.2, 0.25) is 0 Å². The Morgan fingerprint density at radius 1 is 1.31 bits per heavy atom. The highest BCUT2D eigenvalue weighted by molar-refractivity contribution is 5.99. The van der Waals surface area contributed by atoms with Gasteiger partial charge in [0.1, 0.15) is 5.82 Å². The fourth-order valence-corrected chi connectivity index (χ4v) is 1.51. The van der Waals surface area contributed by atoms with Crippen LogP contribution in [-0.2, 0) is 16.1 Å². The molecule has 5 nitrogen and oxygen atoms in total. The van der Waals surface area contributed by atoms with E-state index in [0.717, 1.165) is 11.1 Å². The van der Waals surface area contributed by atoms with Crippen LogP contribution >= 0.6 is 0 Å². The Kier molecular flexibility index (Phi) is 2.91. The van der Waals surface area contributed by atoms with Crippen LogP contribution in [0.15, 0.2) is 18.5 Å². The van der Waals surface area contributed by atoms with E-state index in [1.165, 1.54) is 12.3 Å². The van der Waals surface area contributed by atoms with Crippen LogP contribution in [-0.4, -0.2) is 34.8 Å². The molecule has 0 aliphatic carbocycles. The number of carbonyl (C=O) groups is 2. The molecule has 0 bridgehead atoms. The molecule has 6 heteroatoms. The highest BCUT2D eigenvalue weighted by Crippen LogP contribution is 2.07. The number of hydrogen-bond acceptors (Lipinski definition) is 4. The van der Waals surface area contributed by atoms with Gasteiger partial charge in [-0.2, -0.15) is 0 Å². The van der Waals surface area contributed by atoms with E-state index in [1.807, 2.05) is 0 Å². The second-order valence-corrected chi connectivity index (χ2v) is 3.49. The fraction of sp³-hybridized carbons (Fsp3) is 0.300. The van der Waals surface area contributed by atoms with Gasteiger partial charge < -0.3 is 0 Å². The monoisotopic (exact) mass is 223 g/mol. The number of carbonyl (C=O) groups excluding carboxylic acids is 2. The molecule has 1 saturated heterocycles. The molecule has 1 aromatic heterocycles. The molecule has 84 valence electrons. The van der Waals surface area contributed by atoms with Gasteiger partial charge in [0.15, 0.2) is 0 Å². The van der Waals surface area contributed by atoms with Gasteiger partial charge in [0, 0.05) is 6.20 Å². The van der Waals surface area contributed by atoms with Gasteiger partial charge in [-0.15, -0.1) is 0 Å². The van der Waals surface area contributed by atoms with E-state index in [4.69, 9.17) is 0 Å². The van der Waals surface area contributed by atoms with Crippen LogP contribution in [0, 0.1) is 5.82 Å². The van der Waals surface area contributed by atoms with Crippen LogP contribution in [0.3, 0.4) is 0 Å². The van der Waals surface area contributed by atoms with Gasteiger partial charge in [-0.05, 0) is 11.6 Å². The lowest BCUT2D eigenvalue weighted by Crippen LogP contribution is -2.51. The summed E-state index contributed by atoms with van der Waals surface area (Å²) in [5.41, 5.74) is 0.503. The van der Waals surface area contributed by atoms with E-state index < -0.39 is 5.82 Å². The predicted octanol–water partition coefficient (Wildman–Crippen LogP) is -0.321. The largest absolute Gasteiger partial charge is 0.300 e. The van der Waals surface area contributed by atoms with E-state index in [0.29, 0.717) is 5.56 Å². The zero-order valence-corrected chi connectivity index (χ0v) is 8.44. The van der Waals surface area contributed by atoms with Gasteiger partial charge >= 0.3 is 0 Å². The van der Waals surface area contributed by atoms with Crippen molar-refractivity contribution < 1.29 is 14.0 Å². The first-order valence-corrected chi connectivity index (χ1v) is 4.80. The van der Waals surface area contributed by atoms with Crippen molar-refractivity contribution in [2.45, 2.75) is 6.54 Å². The molecule has 1 aromatic rings. The van der Waals surface area contributed by atoms with Crippen LogP contribution in [0.5, 0.6) is 0 Å². The number of nitrogens with one attached hydrogen (secondary N) is 1. The third-order valence-corrected chi connectivity index (χ3v) is 2.26. The van der Waals surface area contributed by atoms with Gasteiger partial charge in [0.2, 0.25) is 11.8 Å². The Hall–Kier alpha value is -1.82. The number of imide groups is 1. The quantitative estimate of drug-likeness (QED) is 0.698. The lowest BCUT2D eigenvalue weighted by molar-refractivity contribution is -0.147. The second kappa shape index (κ2) is 4.36. The lowest BCUT2D eigenvalue weighted by Gasteiger charge is -2.25. The van der Waals surface area contributed by atoms with Gasteiger partial charge in [-0.1, -0.05) is 0 Å². The summed E-state index contributed by atoms with van der Waals surface area (Å²) >= 11 is 0. The second-order valence-electron chi connectivity index (χ2n) is 3.49. The molecule has 1 aliphatic heterocycles. The van der Waals surface area contributed by atoms with E-state index in [1.54, 1.807) is 0 Å². The van der Waals surface area contributed by atoms with Crippen molar-refractivity contribution in [3.05, 3.63) is 29.8 Å². The molecular formula is C10H10FN3O2. The summed E-state index contributed by atoms with van der Waals surface area (Å²) in [7, 11) is 0. The summed E-state index contributed by atoms with van der Waals surface area (Å²) in [6, 6.07) is 1.26. The minimum atomic E-state index is -0.479. The number of pyridine rings is 1. The summed E-state index contributed by atoms with van der Waals surface area (Å²) in [5.74, 6) is -1.09. The van der Waals surface area contributed by atoms with Crippen LogP contribution < -0.4 is 5.32 Å². The minimum absolute atomic E-state index is 0.0735. The maximum atomic E-state index is 12.9. The molecule has 0 unspecified atom stereocenters. The van der Waals surface area contributed by atoms with Gasteiger partial charge in [-0.25, -0.2) is 4.39 Å². The molecule has 2 heterocycles. The number of piperazine rings is 1. The average Bonchev–Trinajstić information content (AvgIpc) is 2.24. The van der Waals surface area contributed by atoms with Crippen molar-refractivity contribution in [2.24, 2.45) is 0 Å². The van der Waals surface area contributed by atoms with Crippen molar-refractivity contribution in [1.29, 1.82) is 0 Å². The molecule has 0 radical (unpaired) electrons. The van der Waals surface area contributed by atoms with Crippen molar-refractivity contribution >= 4 is 11.8 Å². The summed E-state index contributed by atoms with van der Waals surface area (Å²) in [6.45, 7) is 0.340. The molecule has 2 rings (SSSR count). The Bertz CT molecular complexity index is 420. The topological polar surface area (TPSA) is 62.3 Å². The maximum Gasteiger partial charge on any atom is 0.243 e. The Morgan fingerprint density at radius 3 is 2.62 bits per heavy atom. The van der Waals surface area contributed by atoms with E-state index in [-0.39, 0.29) is 31.4 Å². The number of aromatic nitrogens is 1. The first kappa shape index (κ1) is 10.7. The summed E-state index contributed by atoms with van der Waals surface area (Å²) < 4.78 is 12.9. The van der Waals surface area contributed by atoms with Crippen molar-refractivity contribution in [3.8, 4) is 0 Å². The third-order valence-electron chi connectivity index (χ3n) is 2.26. The first-order valence-electron chi connectivity index (χ1n) is 4.80. The van der Waals surface area contributed by atoms with Crippen LogP contribution in [0.4, 0.5) is 4.39 Å². The zero-order valence-electron chi connectivity index (χ0n) is 8.44. The molecule has 1 aliphatic rings. The third kappa shape index (κ3) is 2.22. The molecule has 16 heavy (non-hydrogen) atoms. The van der Waals surface area contributed by atoms with Gasteiger partial charge in [0.25, 0.3) is 0 Å². The SMILES string of the molecule is O=C1CNCC(=O)N1Cc1cncc(F)c1. The summed E-state index contributed by atoms with van der Waals surface area (Å²) in [6.07, 6.45) is 2.51. The Morgan fingerprint density at radius 2 is 2.00 bits per heavy atom. The number of hydrogen-bond donors (Lipinski definition) is 1. The number of amides is 2. The van der Waals surface area contributed by atoms with Crippen molar-refractivity contribution in [2.75, 3.05) is 13.1 Å². The highest BCUT2D eigenvalue weighted by atomic mass is 19.1. The van der Waals surface area contributed by atoms with Crippen LogP contribution in [0.1, 0.15) is 5.56 Å². The molecular weight excluding hydrogens is 213 g/mol. The van der Waals surface area contributed by atoms with Crippen molar-refractivity contribution in [3.63, 3.8) is 0 Å². The number of nitrogens with zero attached hydrogens (tertiary/aromatic N) is 2. The predicted molar refractivity (Wildman–Crippen MR) is 52.6 cm³/mol. The van der Waals surface area contributed by atoms with Gasteiger partial charge in [0.05, 0.1) is 25.8 Å². The maximum absolute atomic E-state index is 12.9. The molecule has 0 saturated carbocycles. The molecule has 1 fully saturated rings. The standard InChI is InChI=1S/C10H10FN3O2/c11-8-1-7(2-12-3-8)6-14-9(15)4-13-5-10(14)16/h1-3,13H,4-6H2. The number of rotatable bonds is 2. The highest BCUT2D eigenvalue weighted by Gasteiger charge is 2.25. The van der Waals surface area contributed by atoms with Crippen LogP contribution in [0.25, 0.3) is 0 Å².